The zero-order valence-corrected chi connectivity index (χ0v) is 8.32. The standard InChI is InChI=1S/C11H22/c1-4-8-11(6-3)9-7-10(11)5-2/h10H,4-9H2,1-3H3. The molecule has 2 atom stereocenters. The Morgan fingerprint density at radius 3 is 2.27 bits per heavy atom. The van der Waals surface area contributed by atoms with E-state index in [-0.39, 0.29) is 0 Å². The van der Waals surface area contributed by atoms with Gasteiger partial charge in [0.05, 0.1) is 0 Å². The summed E-state index contributed by atoms with van der Waals surface area (Å²) in [7, 11) is 0. The molecule has 0 aromatic heterocycles. The van der Waals surface area contributed by atoms with E-state index in [1.165, 1.54) is 38.5 Å². The van der Waals surface area contributed by atoms with Gasteiger partial charge in [-0.05, 0) is 30.6 Å². The summed E-state index contributed by atoms with van der Waals surface area (Å²) >= 11 is 0. The molecule has 0 bridgehead atoms. The molecule has 0 aromatic carbocycles. The van der Waals surface area contributed by atoms with Gasteiger partial charge in [-0.15, -0.1) is 0 Å². The molecule has 0 nitrogen and oxygen atoms in total. The van der Waals surface area contributed by atoms with Crippen LogP contribution in [0.1, 0.15) is 59.3 Å². The van der Waals surface area contributed by atoms with Crippen molar-refractivity contribution in [3.8, 4) is 0 Å². The predicted molar refractivity (Wildman–Crippen MR) is 50.6 cm³/mol. The summed E-state index contributed by atoms with van der Waals surface area (Å²) in [6.07, 6.45) is 8.69. The van der Waals surface area contributed by atoms with Crippen molar-refractivity contribution in [2.75, 3.05) is 0 Å². The fourth-order valence-corrected chi connectivity index (χ4v) is 2.86. The van der Waals surface area contributed by atoms with E-state index < -0.39 is 0 Å². The van der Waals surface area contributed by atoms with E-state index in [2.05, 4.69) is 20.8 Å². The lowest BCUT2D eigenvalue weighted by molar-refractivity contribution is 0.0123. The van der Waals surface area contributed by atoms with Crippen molar-refractivity contribution in [2.45, 2.75) is 59.3 Å². The Morgan fingerprint density at radius 1 is 1.27 bits per heavy atom. The van der Waals surface area contributed by atoms with Gasteiger partial charge in [0, 0.05) is 0 Å². The van der Waals surface area contributed by atoms with E-state index in [0.717, 1.165) is 11.3 Å². The van der Waals surface area contributed by atoms with Crippen LogP contribution in [0.15, 0.2) is 0 Å². The molecule has 0 heteroatoms. The molecule has 11 heavy (non-hydrogen) atoms. The van der Waals surface area contributed by atoms with Crippen molar-refractivity contribution in [2.24, 2.45) is 11.3 Å². The minimum absolute atomic E-state index is 0.781. The molecule has 0 N–H and O–H groups in total. The Hall–Kier alpha value is 0. The van der Waals surface area contributed by atoms with Crippen molar-refractivity contribution in [1.82, 2.24) is 0 Å². The smallest absolute Gasteiger partial charge is 0.0272 e. The van der Waals surface area contributed by atoms with Crippen LogP contribution in [0.2, 0.25) is 0 Å². The third-order valence-corrected chi connectivity index (χ3v) is 3.80. The molecule has 0 heterocycles. The summed E-state index contributed by atoms with van der Waals surface area (Å²) < 4.78 is 0. The van der Waals surface area contributed by atoms with E-state index in [4.69, 9.17) is 0 Å². The Balaban J connectivity index is 2.46. The van der Waals surface area contributed by atoms with Crippen LogP contribution in [0.3, 0.4) is 0 Å². The van der Waals surface area contributed by atoms with Crippen LogP contribution in [0.25, 0.3) is 0 Å². The summed E-state index contributed by atoms with van der Waals surface area (Å²) in [6.45, 7) is 7.05. The second-order valence-electron chi connectivity index (χ2n) is 4.11. The molecule has 1 aliphatic rings. The van der Waals surface area contributed by atoms with Crippen LogP contribution in [0.4, 0.5) is 0 Å². The monoisotopic (exact) mass is 154 g/mol. The molecule has 0 amide bonds. The molecule has 0 radical (unpaired) electrons. The second kappa shape index (κ2) is 3.60. The zero-order chi connectivity index (χ0) is 8.32. The fraction of sp³-hybridized carbons (Fsp3) is 1.00. The Labute approximate surface area is 71.4 Å². The van der Waals surface area contributed by atoms with Crippen LogP contribution < -0.4 is 0 Å². The predicted octanol–water partition coefficient (Wildman–Crippen LogP) is 4.00. The van der Waals surface area contributed by atoms with Crippen LogP contribution in [-0.2, 0) is 0 Å². The van der Waals surface area contributed by atoms with Crippen molar-refractivity contribution in [3.05, 3.63) is 0 Å². The molecule has 1 saturated carbocycles. The van der Waals surface area contributed by atoms with Gasteiger partial charge in [0.15, 0.2) is 0 Å². The average Bonchev–Trinajstić information content (AvgIpc) is 1.99. The molecule has 1 aliphatic carbocycles. The lowest BCUT2D eigenvalue weighted by atomic mass is 9.56. The third-order valence-electron chi connectivity index (χ3n) is 3.80. The second-order valence-corrected chi connectivity index (χ2v) is 4.11. The zero-order valence-electron chi connectivity index (χ0n) is 8.32. The fourth-order valence-electron chi connectivity index (χ4n) is 2.86. The molecular weight excluding hydrogens is 132 g/mol. The Morgan fingerprint density at radius 2 is 2.00 bits per heavy atom. The van der Waals surface area contributed by atoms with Gasteiger partial charge in [-0.3, -0.25) is 0 Å². The van der Waals surface area contributed by atoms with E-state index in [9.17, 15) is 0 Å². The van der Waals surface area contributed by atoms with Gasteiger partial charge in [-0.25, -0.2) is 0 Å². The van der Waals surface area contributed by atoms with E-state index in [1.807, 2.05) is 0 Å². The first-order valence-electron chi connectivity index (χ1n) is 5.29. The highest BCUT2D eigenvalue weighted by molar-refractivity contribution is 4.93. The summed E-state index contributed by atoms with van der Waals surface area (Å²) in [5, 5.41) is 0. The molecule has 2 unspecified atom stereocenters. The summed E-state index contributed by atoms with van der Waals surface area (Å²) in [5.41, 5.74) is 0.781. The van der Waals surface area contributed by atoms with Crippen molar-refractivity contribution in [1.29, 1.82) is 0 Å². The lowest BCUT2D eigenvalue weighted by Gasteiger charge is -2.49. The van der Waals surface area contributed by atoms with E-state index in [0.29, 0.717) is 0 Å². The first kappa shape index (κ1) is 9.09. The van der Waals surface area contributed by atoms with Gasteiger partial charge in [0.1, 0.15) is 0 Å². The van der Waals surface area contributed by atoms with Crippen LogP contribution >= 0.6 is 0 Å². The van der Waals surface area contributed by atoms with Gasteiger partial charge in [0.2, 0.25) is 0 Å². The third kappa shape index (κ3) is 1.45. The normalized spacial score (nSPS) is 36.8. The van der Waals surface area contributed by atoms with Crippen LogP contribution in [-0.4, -0.2) is 0 Å². The quantitative estimate of drug-likeness (QED) is 0.574. The van der Waals surface area contributed by atoms with Crippen molar-refractivity contribution >= 4 is 0 Å². The summed E-state index contributed by atoms with van der Waals surface area (Å²) in [5.74, 6) is 1.06. The topological polar surface area (TPSA) is 0 Å². The van der Waals surface area contributed by atoms with Gasteiger partial charge in [-0.1, -0.05) is 40.0 Å². The van der Waals surface area contributed by atoms with Crippen molar-refractivity contribution in [3.63, 3.8) is 0 Å². The molecule has 1 fully saturated rings. The summed E-state index contributed by atoms with van der Waals surface area (Å²) in [4.78, 5) is 0. The van der Waals surface area contributed by atoms with Gasteiger partial charge in [0.25, 0.3) is 0 Å². The minimum atomic E-state index is 0.781. The largest absolute Gasteiger partial charge is 0.0654 e. The maximum absolute atomic E-state index is 2.37. The van der Waals surface area contributed by atoms with E-state index in [1.54, 1.807) is 0 Å². The summed E-state index contributed by atoms with van der Waals surface area (Å²) in [6, 6.07) is 0. The molecule has 1 rings (SSSR count). The Kier molecular flexibility index (Phi) is 2.98. The molecule has 0 saturated heterocycles. The first-order valence-corrected chi connectivity index (χ1v) is 5.29. The van der Waals surface area contributed by atoms with Gasteiger partial charge in [-0.2, -0.15) is 0 Å². The molecule has 0 spiro atoms. The highest BCUT2D eigenvalue weighted by Crippen LogP contribution is 2.53. The number of hydrogen-bond donors (Lipinski definition) is 0. The van der Waals surface area contributed by atoms with E-state index >= 15 is 0 Å². The first-order chi connectivity index (χ1) is 5.29. The lowest BCUT2D eigenvalue weighted by Crippen LogP contribution is -2.39. The number of hydrogen-bond acceptors (Lipinski definition) is 0. The minimum Gasteiger partial charge on any atom is -0.0654 e. The van der Waals surface area contributed by atoms with Crippen LogP contribution in [0.5, 0.6) is 0 Å². The SMILES string of the molecule is CCCC1(CC)CCC1CC. The number of rotatable bonds is 4. The Bertz CT molecular complexity index is 111. The highest BCUT2D eigenvalue weighted by Gasteiger charge is 2.42. The van der Waals surface area contributed by atoms with Gasteiger partial charge < -0.3 is 0 Å². The molecule has 0 aromatic rings. The average molecular weight is 154 g/mol. The van der Waals surface area contributed by atoms with Crippen LogP contribution in [0, 0.1) is 11.3 Å². The van der Waals surface area contributed by atoms with Gasteiger partial charge >= 0.3 is 0 Å². The highest BCUT2D eigenvalue weighted by atomic mass is 14.5. The maximum Gasteiger partial charge on any atom is -0.0272 e. The molecule has 0 aliphatic heterocycles. The molecular formula is C11H22. The molecule has 66 valence electrons. The maximum atomic E-state index is 2.37. The van der Waals surface area contributed by atoms with Crippen molar-refractivity contribution < 1.29 is 0 Å².